The SMILES string of the molecule is CC/C(=C\c1ccccc1)[C@@H]1C[C@H]1N(C(=O)C(F)(F)F)C1CC2(C1)CN(Cc1ccc(C(=O)OC)cc1OC)C2. The minimum Gasteiger partial charge on any atom is -0.496 e. The molecule has 0 bridgehead atoms. The average molecular weight is 557 g/mol. The van der Waals surface area contributed by atoms with Gasteiger partial charge in [-0.15, -0.1) is 0 Å². The van der Waals surface area contributed by atoms with E-state index in [1.165, 1.54) is 12.0 Å². The Balaban J connectivity index is 1.22. The second-order valence-electron chi connectivity index (χ2n) is 11.3. The fraction of sp³-hybridized carbons (Fsp3) is 0.484. The highest BCUT2D eigenvalue weighted by Crippen LogP contribution is 2.55. The van der Waals surface area contributed by atoms with Crippen LogP contribution in [0.25, 0.3) is 6.08 Å². The van der Waals surface area contributed by atoms with Crippen LogP contribution in [0, 0.1) is 11.3 Å². The molecule has 2 atom stereocenters. The first-order valence-electron chi connectivity index (χ1n) is 13.7. The van der Waals surface area contributed by atoms with Crippen LogP contribution in [0.4, 0.5) is 13.2 Å². The maximum absolute atomic E-state index is 13.7. The number of rotatable bonds is 9. The summed E-state index contributed by atoms with van der Waals surface area (Å²) in [6, 6.07) is 14.2. The molecule has 1 aliphatic heterocycles. The van der Waals surface area contributed by atoms with E-state index in [1.807, 2.05) is 43.3 Å². The number of halogens is 3. The van der Waals surface area contributed by atoms with Gasteiger partial charge >= 0.3 is 18.1 Å². The summed E-state index contributed by atoms with van der Waals surface area (Å²) in [5.74, 6) is -1.59. The fourth-order valence-corrected chi connectivity index (χ4v) is 6.63. The van der Waals surface area contributed by atoms with Crippen molar-refractivity contribution >= 4 is 18.0 Å². The molecule has 1 spiro atoms. The van der Waals surface area contributed by atoms with E-state index in [1.54, 1.807) is 19.2 Å². The van der Waals surface area contributed by atoms with Gasteiger partial charge in [-0.05, 0) is 48.8 Å². The summed E-state index contributed by atoms with van der Waals surface area (Å²) < 4.78 is 51.3. The molecule has 1 saturated heterocycles. The number of esters is 1. The van der Waals surface area contributed by atoms with Gasteiger partial charge in [0, 0.05) is 43.2 Å². The third-order valence-electron chi connectivity index (χ3n) is 8.58. The van der Waals surface area contributed by atoms with Crippen molar-refractivity contribution in [3.8, 4) is 5.75 Å². The monoisotopic (exact) mass is 556 g/mol. The number of alkyl halides is 3. The van der Waals surface area contributed by atoms with Crippen LogP contribution in [0.1, 0.15) is 54.1 Å². The largest absolute Gasteiger partial charge is 0.496 e. The van der Waals surface area contributed by atoms with E-state index in [-0.39, 0.29) is 11.3 Å². The summed E-state index contributed by atoms with van der Waals surface area (Å²) in [6.45, 7) is 4.12. The van der Waals surface area contributed by atoms with Crippen molar-refractivity contribution in [1.29, 1.82) is 0 Å². The predicted octanol–water partition coefficient (Wildman–Crippen LogP) is 5.72. The third-order valence-corrected chi connectivity index (χ3v) is 8.58. The van der Waals surface area contributed by atoms with Crippen molar-refractivity contribution in [2.75, 3.05) is 27.3 Å². The molecule has 2 aromatic carbocycles. The van der Waals surface area contributed by atoms with Gasteiger partial charge in [0.15, 0.2) is 0 Å². The van der Waals surface area contributed by atoms with Crippen LogP contribution in [0.5, 0.6) is 5.75 Å². The second-order valence-corrected chi connectivity index (χ2v) is 11.3. The van der Waals surface area contributed by atoms with Gasteiger partial charge in [0.25, 0.3) is 0 Å². The number of ether oxygens (including phenoxy) is 2. The minimum atomic E-state index is -4.88. The molecule has 2 aromatic rings. The highest BCUT2D eigenvalue weighted by Gasteiger charge is 2.61. The fourth-order valence-electron chi connectivity index (χ4n) is 6.63. The highest BCUT2D eigenvalue weighted by molar-refractivity contribution is 5.90. The number of benzene rings is 2. The maximum Gasteiger partial charge on any atom is 0.471 e. The van der Waals surface area contributed by atoms with Gasteiger partial charge in [0.2, 0.25) is 0 Å². The minimum absolute atomic E-state index is 0.0358. The molecule has 6 nitrogen and oxygen atoms in total. The first-order valence-corrected chi connectivity index (χ1v) is 13.7. The Morgan fingerprint density at radius 2 is 1.80 bits per heavy atom. The van der Waals surface area contributed by atoms with Crippen LogP contribution in [0.15, 0.2) is 54.1 Å². The van der Waals surface area contributed by atoms with Crippen molar-refractivity contribution in [3.63, 3.8) is 0 Å². The second kappa shape index (κ2) is 10.9. The van der Waals surface area contributed by atoms with Crippen LogP contribution in [0.3, 0.4) is 0 Å². The van der Waals surface area contributed by atoms with Gasteiger partial charge in [-0.3, -0.25) is 9.69 Å². The average Bonchev–Trinajstić information content (AvgIpc) is 3.68. The number of likely N-dealkylation sites (tertiary alicyclic amines) is 1. The predicted molar refractivity (Wildman–Crippen MR) is 145 cm³/mol. The van der Waals surface area contributed by atoms with Crippen LogP contribution < -0.4 is 4.74 Å². The van der Waals surface area contributed by atoms with Crippen LogP contribution in [-0.4, -0.2) is 67.2 Å². The zero-order valence-corrected chi connectivity index (χ0v) is 23.0. The van der Waals surface area contributed by atoms with Crippen molar-refractivity contribution in [3.05, 3.63) is 70.8 Å². The molecule has 0 unspecified atom stereocenters. The Hall–Kier alpha value is -3.33. The summed E-state index contributed by atoms with van der Waals surface area (Å²) in [5.41, 5.74) is 3.38. The van der Waals surface area contributed by atoms with Gasteiger partial charge in [-0.2, -0.15) is 13.2 Å². The van der Waals surface area contributed by atoms with Gasteiger partial charge in [-0.1, -0.05) is 55.0 Å². The van der Waals surface area contributed by atoms with Crippen molar-refractivity contribution in [2.24, 2.45) is 11.3 Å². The van der Waals surface area contributed by atoms with Crippen molar-refractivity contribution < 1.29 is 32.2 Å². The molecule has 214 valence electrons. The quantitative estimate of drug-likeness (QED) is 0.370. The van der Waals surface area contributed by atoms with E-state index in [0.29, 0.717) is 37.1 Å². The molecule has 0 radical (unpaired) electrons. The summed E-state index contributed by atoms with van der Waals surface area (Å²) in [7, 11) is 2.87. The Kier molecular flexibility index (Phi) is 7.70. The standard InChI is InChI=1S/C31H35F3N2O4/c1-4-21(12-20-8-6-5-7-9-20)25-14-26(25)36(29(38)31(32,33)34)24-15-30(16-24)18-35(19-30)17-23-11-10-22(28(37)40-3)13-27(23)39-2/h5-13,24-26H,4,14-19H2,1-3H3/b21-12+/t25-,26+/m0/s1. The molecule has 2 saturated carbocycles. The van der Waals surface area contributed by atoms with E-state index >= 15 is 0 Å². The first kappa shape index (κ1) is 28.2. The summed E-state index contributed by atoms with van der Waals surface area (Å²) in [5, 5.41) is 0. The number of methoxy groups -OCH3 is 2. The van der Waals surface area contributed by atoms with E-state index in [4.69, 9.17) is 9.47 Å². The molecule has 3 fully saturated rings. The zero-order valence-electron chi connectivity index (χ0n) is 23.0. The highest BCUT2D eigenvalue weighted by atomic mass is 19.4. The van der Waals surface area contributed by atoms with Gasteiger partial charge in [0.05, 0.1) is 19.8 Å². The molecule has 0 aromatic heterocycles. The molecular weight excluding hydrogens is 521 g/mol. The lowest BCUT2D eigenvalue weighted by Gasteiger charge is -2.61. The van der Waals surface area contributed by atoms with E-state index in [2.05, 4.69) is 11.0 Å². The number of nitrogens with zero attached hydrogens (tertiary/aromatic N) is 2. The summed E-state index contributed by atoms with van der Waals surface area (Å²) >= 11 is 0. The zero-order chi connectivity index (χ0) is 28.7. The lowest BCUT2D eigenvalue weighted by atomic mass is 9.60. The number of hydrogen-bond donors (Lipinski definition) is 0. The van der Waals surface area contributed by atoms with Gasteiger partial charge < -0.3 is 14.4 Å². The van der Waals surface area contributed by atoms with Crippen LogP contribution in [-0.2, 0) is 16.1 Å². The molecule has 5 rings (SSSR count). The molecule has 40 heavy (non-hydrogen) atoms. The van der Waals surface area contributed by atoms with Gasteiger partial charge in [-0.25, -0.2) is 4.79 Å². The summed E-state index contributed by atoms with van der Waals surface area (Å²) in [6.07, 6.45) is -0.361. The number of carbonyl (C=O) groups excluding carboxylic acids is 2. The number of hydrogen-bond acceptors (Lipinski definition) is 5. The molecule has 3 aliphatic rings. The Morgan fingerprint density at radius 1 is 1.10 bits per heavy atom. The molecule has 9 heteroatoms. The molecule has 2 aliphatic carbocycles. The molecule has 1 heterocycles. The lowest BCUT2D eigenvalue weighted by Crippen LogP contribution is -2.67. The Bertz CT molecular complexity index is 1280. The molecule has 1 amide bonds. The molecule has 0 N–H and O–H groups in total. The van der Waals surface area contributed by atoms with E-state index < -0.39 is 30.1 Å². The van der Waals surface area contributed by atoms with Crippen molar-refractivity contribution in [2.45, 2.75) is 57.4 Å². The topological polar surface area (TPSA) is 59.1 Å². The normalized spacial score (nSPS) is 22.3. The number of carbonyl (C=O) groups is 2. The smallest absolute Gasteiger partial charge is 0.471 e. The van der Waals surface area contributed by atoms with Crippen molar-refractivity contribution in [1.82, 2.24) is 9.80 Å². The third kappa shape index (κ3) is 5.61. The van der Waals surface area contributed by atoms with Crippen LogP contribution in [0.2, 0.25) is 0 Å². The Labute approximate surface area is 232 Å². The molecular formula is C31H35F3N2O4. The summed E-state index contributed by atoms with van der Waals surface area (Å²) in [4.78, 5) is 27.8. The first-order chi connectivity index (χ1) is 19.1. The number of amides is 1. The van der Waals surface area contributed by atoms with E-state index in [0.717, 1.165) is 36.2 Å². The lowest BCUT2D eigenvalue weighted by molar-refractivity contribution is -0.197. The Morgan fingerprint density at radius 3 is 2.40 bits per heavy atom. The van der Waals surface area contributed by atoms with Crippen LogP contribution >= 0.6 is 0 Å². The van der Waals surface area contributed by atoms with E-state index in [9.17, 15) is 22.8 Å². The maximum atomic E-state index is 13.7. The van der Waals surface area contributed by atoms with Gasteiger partial charge in [0.1, 0.15) is 5.75 Å².